The molecule has 0 spiro atoms. The lowest BCUT2D eigenvalue weighted by molar-refractivity contribution is 0.621. The Morgan fingerprint density at radius 1 is 0.833 bits per heavy atom. The van der Waals surface area contributed by atoms with E-state index in [0.717, 1.165) is 6.42 Å². The SMILES string of the molecule is [SiH3]CCCCCCCC(Br)(Br)Br. The Labute approximate surface area is 104 Å². The summed E-state index contributed by atoms with van der Waals surface area (Å²) in [6.45, 7) is 0. The van der Waals surface area contributed by atoms with Crippen molar-refractivity contribution < 1.29 is 0 Å². The maximum atomic E-state index is 3.50. The minimum Gasteiger partial charge on any atom is -0.0658 e. The third-order valence-electron chi connectivity index (χ3n) is 1.81. The van der Waals surface area contributed by atoms with Gasteiger partial charge in [-0.05, 0) is 6.42 Å². The summed E-state index contributed by atoms with van der Waals surface area (Å²) in [6, 6.07) is 1.47. The van der Waals surface area contributed by atoms with Crippen molar-refractivity contribution >= 4 is 58.0 Å². The maximum Gasteiger partial charge on any atom is 0.135 e. The molecule has 0 nitrogen and oxygen atoms in total. The van der Waals surface area contributed by atoms with Gasteiger partial charge in [-0.15, -0.1) is 0 Å². The summed E-state index contributed by atoms with van der Waals surface area (Å²) in [5.41, 5.74) is 0. The van der Waals surface area contributed by atoms with E-state index < -0.39 is 0 Å². The van der Waals surface area contributed by atoms with E-state index in [1.807, 2.05) is 0 Å². The number of alkyl halides is 3. The Morgan fingerprint density at radius 3 is 1.83 bits per heavy atom. The van der Waals surface area contributed by atoms with Crippen LogP contribution in [0.2, 0.25) is 6.04 Å². The first-order valence-electron chi connectivity index (χ1n) is 4.63. The van der Waals surface area contributed by atoms with Crippen molar-refractivity contribution in [1.29, 1.82) is 0 Å². The van der Waals surface area contributed by atoms with Gasteiger partial charge in [-0.3, -0.25) is 0 Å². The van der Waals surface area contributed by atoms with Gasteiger partial charge < -0.3 is 0 Å². The minimum absolute atomic E-state index is 0.00926. The van der Waals surface area contributed by atoms with Crippen molar-refractivity contribution in [2.24, 2.45) is 0 Å². The second-order valence-electron chi connectivity index (χ2n) is 3.13. The molecule has 0 aromatic rings. The fourth-order valence-corrected chi connectivity index (χ4v) is 2.45. The van der Waals surface area contributed by atoms with Gasteiger partial charge in [0.2, 0.25) is 0 Å². The van der Waals surface area contributed by atoms with Crippen LogP contribution in [0.1, 0.15) is 38.5 Å². The topological polar surface area (TPSA) is 0 Å². The van der Waals surface area contributed by atoms with Crippen molar-refractivity contribution in [2.45, 2.75) is 46.7 Å². The molecule has 0 amide bonds. The van der Waals surface area contributed by atoms with Crippen LogP contribution in [0.5, 0.6) is 0 Å². The van der Waals surface area contributed by atoms with Crippen molar-refractivity contribution in [3.63, 3.8) is 0 Å². The highest BCUT2D eigenvalue weighted by Crippen LogP contribution is 2.38. The molecule has 0 aliphatic heterocycles. The molecule has 12 heavy (non-hydrogen) atoms. The van der Waals surface area contributed by atoms with Crippen LogP contribution in [0.3, 0.4) is 0 Å². The van der Waals surface area contributed by atoms with Crippen molar-refractivity contribution in [1.82, 2.24) is 0 Å². The van der Waals surface area contributed by atoms with Gasteiger partial charge in [0.1, 0.15) is 2.14 Å². The number of rotatable bonds is 6. The second-order valence-corrected chi connectivity index (χ2v) is 11.4. The zero-order valence-corrected chi connectivity index (χ0v) is 14.3. The van der Waals surface area contributed by atoms with Gasteiger partial charge in [-0.1, -0.05) is 85.9 Å². The molecule has 0 N–H and O–H groups in total. The highest BCUT2D eigenvalue weighted by Gasteiger charge is 2.15. The molecule has 4 heteroatoms. The third kappa shape index (κ3) is 11.7. The van der Waals surface area contributed by atoms with Crippen LogP contribution in [0, 0.1) is 0 Å². The molecule has 0 bridgehead atoms. The Hall–Kier alpha value is 1.66. The van der Waals surface area contributed by atoms with Crippen molar-refractivity contribution in [3.05, 3.63) is 0 Å². The fourth-order valence-electron chi connectivity index (χ4n) is 1.11. The lowest BCUT2D eigenvalue weighted by Gasteiger charge is -2.10. The van der Waals surface area contributed by atoms with Crippen molar-refractivity contribution in [3.8, 4) is 0 Å². The summed E-state index contributed by atoms with van der Waals surface area (Å²) >= 11 is 10.5. The van der Waals surface area contributed by atoms with E-state index in [0.29, 0.717) is 0 Å². The van der Waals surface area contributed by atoms with Gasteiger partial charge in [0.25, 0.3) is 0 Å². The molecular weight excluding hydrogens is 364 g/mol. The lowest BCUT2D eigenvalue weighted by atomic mass is 10.1. The molecule has 0 saturated heterocycles. The van der Waals surface area contributed by atoms with Gasteiger partial charge in [0.15, 0.2) is 0 Å². The average Bonchev–Trinajstić information content (AvgIpc) is 1.94. The van der Waals surface area contributed by atoms with E-state index in [4.69, 9.17) is 0 Å². The Kier molecular flexibility index (Phi) is 9.11. The normalized spacial score (nSPS) is 12.2. The predicted octanol–water partition coefficient (Wildman–Crippen LogP) is 3.95. The van der Waals surface area contributed by atoms with Crippen molar-refractivity contribution in [2.75, 3.05) is 0 Å². The quantitative estimate of drug-likeness (QED) is 0.372. The van der Waals surface area contributed by atoms with Crippen LogP contribution in [-0.2, 0) is 0 Å². The van der Waals surface area contributed by atoms with Gasteiger partial charge in [0.05, 0.1) is 0 Å². The smallest absolute Gasteiger partial charge is 0.0658 e. The molecular formula is C8H17Br3Si. The first-order valence-corrected chi connectivity index (χ1v) is 8.42. The van der Waals surface area contributed by atoms with Gasteiger partial charge in [-0.2, -0.15) is 0 Å². The highest BCUT2D eigenvalue weighted by molar-refractivity contribution is 9.39. The van der Waals surface area contributed by atoms with E-state index >= 15 is 0 Å². The fraction of sp³-hybridized carbons (Fsp3) is 1.00. The Balaban J connectivity index is 3.01. The number of unbranched alkanes of at least 4 members (excludes halogenated alkanes) is 4. The zero-order valence-electron chi connectivity index (χ0n) is 7.58. The number of hydrogen-bond donors (Lipinski definition) is 0. The van der Waals surface area contributed by atoms with E-state index in [2.05, 4.69) is 47.8 Å². The third-order valence-corrected chi connectivity index (χ3v) is 3.71. The van der Waals surface area contributed by atoms with E-state index in [-0.39, 0.29) is 2.14 Å². The average molecular weight is 381 g/mol. The molecule has 0 heterocycles. The summed E-state index contributed by atoms with van der Waals surface area (Å²) in [6.07, 6.45) is 8.10. The molecule has 0 fully saturated rings. The van der Waals surface area contributed by atoms with Gasteiger partial charge in [0, 0.05) is 10.2 Å². The second kappa shape index (κ2) is 8.01. The van der Waals surface area contributed by atoms with Crippen LogP contribution in [0.4, 0.5) is 0 Å². The summed E-state index contributed by atoms with van der Waals surface area (Å²) in [5.74, 6) is 0. The van der Waals surface area contributed by atoms with Crippen LogP contribution < -0.4 is 0 Å². The summed E-state index contributed by atoms with van der Waals surface area (Å²) in [5, 5.41) is 0. The minimum atomic E-state index is -0.00926. The summed E-state index contributed by atoms with van der Waals surface area (Å²) in [7, 11) is 1.38. The standard InChI is InChI=1S/C8H17Br3Si/c9-8(10,11)6-4-2-1-3-5-7-12/h1-7H2,12H3. The highest BCUT2D eigenvalue weighted by atomic mass is 80.0. The lowest BCUT2D eigenvalue weighted by Crippen LogP contribution is -1.97. The van der Waals surface area contributed by atoms with Gasteiger partial charge >= 0.3 is 0 Å². The van der Waals surface area contributed by atoms with Crippen LogP contribution in [-0.4, -0.2) is 12.4 Å². The molecule has 0 unspecified atom stereocenters. The Bertz CT molecular complexity index is 101. The van der Waals surface area contributed by atoms with E-state index in [1.54, 1.807) is 0 Å². The molecule has 0 aromatic carbocycles. The summed E-state index contributed by atoms with van der Waals surface area (Å²) in [4.78, 5) is 0. The first-order chi connectivity index (χ1) is 5.56. The van der Waals surface area contributed by atoms with Crippen LogP contribution in [0.15, 0.2) is 0 Å². The molecule has 74 valence electrons. The van der Waals surface area contributed by atoms with E-state index in [9.17, 15) is 0 Å². The van der Waals surface area contributed by atoms with Gasteiger partial charge in [-0.25, -0.2) is 0 Å². The van der Waals surface area contributed by atoms with Crippen LogP contribution in [0.25, 0.3) is 0 Å². The molecule has 0 aliphatic carbocycles. The molecule has 0 aromatic heterocycles. The van der Waals surface area contributed by atoms with Crippen LogP contribution >= 0.6 is 47.8 Å². The predicted molar refractivity (Wildman–Crippen MR) is 72.0 cm³/mol. The monoisotopic (exact) mass is 378 g/mol. The summed E-state index contributed by atoms with van der Waals surface area (Å²) < 4.78 is -0.00926. The number of halogens is 3. The maximum absolute atomic E-state index is 3.50. The largest absolute Gasteiger partial charge is 0.135 e. The molecule has 0 aliphatic rings. The molecule has 0 atom stereocenters. The molecule has 0 radical (unpaired) electrons. The molecule has 0 saturated carbocycles. The Morgan fingerprint density at radius 2 is 1.33 bits per heavy atom. The van der Waals surface area contributed by atoms with E-state index in [1.165, 1.54) is 48.4 Å². The molecule has 0 rings (SSSR count). The first kappa shape index (κ1) is 13.7. The number of hydrogen-bond acceptors (Lipinski definition) is 0. The zero-order chi connectivity index (χ0) is 9.45.